The van der Waals surface area contributed by atoms with Crippen molar-refractivity contribution in [1.29, 1.82) is 0 Å². The van der Waals surface area contributed by atoms with Crippen LogP contribution >= 0.6 is 27.3 Å². The lowest BCUT2D eigenvalue weighted by Gasteiger charge is -2.15. The Morgan fingerprint density at radius 3 is 2.42 bits per heavy atom. The minimum atomic E-state index is -0.284. The third-order valence-corrected chi connectivity index (χ3v) is 4.47. The first-order chi connectivity index (χ1) is 9.06. The van der Waals surface area contributed by atoms with Gasteiger partial charge in [0.1, 0.15) is 5.01 Å². The first kappa shape index (κ1) is 14.3. The highest BCUT2D eigenvalue weighted by Gasteiger charge is 2.18. The Morgan fingerprint density at radius 1 is 1.26 bits per heavy atom. The third kappa shape index (κ3) is 2.91. The Labute approximate surface area is 124 Å². The van der Waals surface area contributed by atoms with E-state index in [1.807, 2.05) is 24.4 Å². The van der Waals surface area contributed by atoms with Crippen LogP contribution in [0.3, 0.4) is 0 Å². The zero-order chi connectivity index (χ0) is 14.0. The second-order valence-corrected chi connectivity index (χ2v) is 5.78. The van der Waals surface area contributed by atoms with E-state index in [1.54, 1.807) is 25.6 Å². The maximum atomic E-state index is 6.27. The predicted molar refractivity (Wildman–Crippen MR) is 80.1 cm³/mol. The summed E-state index contributed by atoms with van der Waals surface area (Å²) < 4.78 is 11.4. The van der Waals surface area contributed by atoms with E-state index in [4.69, 9.17) is 15.2 Å². The number of rotatable bonds is 4. The zero-order valence-corrected chi connectivity index (χ0v) is 13.3. The molecule has 1 aromatic carbocycles. The third-order valence-electron chi connectivity index (χ3n) is 2.74. The summed E-state index contributed by atoms with van der Waals surface area (Å²) in [7, 11) is 3.21. The topological polar surface area (TPSA) is 57.4 Å². The molecule has 0 saturated carbocycles. The Hall–Kier alpha value is -1.11. The van der Waals surface area contributed by atoms with Gasteiger partial charge in [0.2, 0.25) is 0 Å². The van der Waals surface area contributed by atoms with E-state index in [1.165, 1.54) is 0 Å². The molecule has 1 unspecified atom stereocenters. The van der Waals surface area contributed by atoms with Gasteiger partial charge in [-0.15, -0.1) is 11.3 Å². The van der Waals surface area contributed by atoms with Crippen molar-refractivity contribution in [3.05, 3.63) is 38.3 Å². The second kappa shape index (κ2) is 5.90. The molecule has 0 aliphatic rings. The number of thiazole rings is 1. The number of aromatic nitrogens is 1. The Kier molecular flexibility index (Phi) is 4.44. The minimum Gasteiger partial charge on any atom is -0.493 e. The van der Waals surface area contributed by atoms with Crippen LogP contribution in [0.15, 0.2) is 22.0 Å². The van der Waals surface area contributed by atoms with Gasteiger partial charge >= 0.3 is 0 Å². The molecule has 0 aliphatic heterocycles. The molecule has 6 heteroatoms. The summed E-state index contributed by atoms with van der Waals surface area (Å²) in [6.45, 7) is 1.95. The van der Waals surface area contributed by atoms with E-state index in [-0.39, 0.29) is 6.04 Å². The van der Waals surface area contributed by atoms with Crippen molar-refractivity contribution < 1.29 is 9.47 Å². The monoisotopic (exact) mass is 342 g/mol. The van der Waals surface area contributed by atoms with Gasteiger partial charge in [-0.05, 0) is 24.6 Å². The lowest BCUT2D eigenvalue weighted by Crippen LogP contribution is -2.12. The molecule has 1 heterocycles. The van der Waals surface area contributed by atoms with Crippen LogP contribution in [-0.4, -0.2) is 19.2 Å². The highest BCUT2D eigenvalue weighted by molar-refractivity contribution is 9.10. The van der Waals surface area contributed by atoms with Crippen LogP contribution in [0.25, 0.3) is 0 Å². The van der Waals surface area contributed by atoms with E-state index < -0.39 is 0 Å². The molecule has 19 heavy (non-hydrogen) atoms. The van der Waals surface area contributed by atoms with Gasteiger partial charge in [0.05, 0.1) is 20.3 Å². The summed E-state index contributed by atoms with van der Waals surface area (Å²) >= 11 is 5.07. The number of methoxy groups -OCH3 is 2. The largest absolute Gasteiger partial charge is 0.493 e. The van der Waals surface area contributed by atoms with E-state index in [0.717, 1.165) is 20.7 Å². The molecular weight excluding hydrogens is 328 g/mol. The molecule has 1 atom stereocenters. The standard InChI is InChI=1S/C13H15BrN2O2S/c1-7-6-19-13(16-7)12(15)8-4-10(17-2)11(18-3)5-9(8)14/h4-6,12H,15H2,1-3H3. The van der Waals surface area contributed by atoms with Gasteiger partial charge in [0.15, 0.2) is 11.5 Å². The summed E-state index contributed by atoms with van der Waals surface area (Å²) in [5.74, 6) is 1.32. The molecule has 0 aliphatic carbocycles. The van der Waals surface area contributed by atoms with Crippen molar-refractivity contribution in [3.8, 4) is 11.5 Å². The van der Waals surface area contributed by atoms with E-state index in [0.29, 0.717) is 11.5 Å². The number of nitrogens with zero attached hydrogens (tertiary/aromatic N) is 1. The summed E-state index contributed by atoms with van der Waals surface area (Å²) in [5.41, 5.74) is 8.17. The molecule has 2 aromatic rings. The summed E-state index contributed by atoms with van der Waals surface area (Å²) in [6, 6.07) is 3.45. The van der Waals surface area contributed by atoms with Crippen molar-refractivity contribution in [2.75, 3.05) is 14.2 Å². The Bertz CT molecular complexity index is 586. The minimum absolute atomic E-state index is 0.284. The smallest absolute Gasteiger partial charge is 0.161 e. The van der Waals surface area contributed by atoms with Gasteiger partial charge in [-0.2, -0.15) is 0 Å². The summed E-state index contributed by atoms with van der Waals surface area (Å²) in [6.07, 6.45) is 0. The molecule has 0 fully saturated rings. The normalized spacial score (nSPS) is 12.3. The molecule has 0 radical (unpaired) electrons. The number of hydrogen-bond donors (Lipinski definition) is 1. The zero-order valence-electron chi connectivity index (χ0n) is 10.9. The van der Waals surface area contributed by atoms with Gasteiger partial charge in [0, 0.05) is 15.5 Å². The fourth-order valence-electron chi connectivity index (χ4n) is 1.76. The molecule has 2 rings (SSSR count). The maximum absolute atomic E-state index is 6.27. The first-order valence-corrected chi connectivity index (χ1v) is 7.33. The average molecular weight is 343 g/mol. The summed E-state index contributed by atoms with van der Waals surface area (Å²) in [5, 5.41) is 2.87. The van der Waals surface area contributed by atoms with E-state index >= 15 is 0 Å². The number of hydrogen-bond acceptors (Lipinski definition) is 5. The fraction of sp³-hybridized carbons (Fsp3) is 0.308. The van der Waals surface area contributed by atoms with Crippen molar-refractivity contribution in [2.24, 2.45) is 5.73 Å². The number of halogens is 1. The second-order valence-electron chi connectivity index (χ2n) is 4.03. The van der Waals surface area contributed by atoms with Crippen LogP contribution in [0.4, 0.5) is 0 Å². The van der Waals surface area contributed by atoms with Crippen LogP contribution in [0.5, 0.6) is 11.5 Å². The molecule has 2 N–H and O–H groups in total. The molecule has 102 valence electrons. The molecule has 1 aromatic heterocycles. The van der Waals surface area contributed by atoms with Crippen LogP contribution in [0.2, 0.25) is 0 Å². The van der Waals surface area contributed by atoms with Crippen molar-refractivity contribution >= 4 is 27.3 Å². The van der Waals surface area contributed by atoms with Gasteiger partial charge in [-0.3, -0.25) is 0 Å². The predicted octanol–water partition coefficient (Wildman–Crippen LogP) is 3.28. The lowest BCUT2D eigenvalue weighted by molar-refractivity contribution is 0.354. The van der Waals surface area contributed by atoms with Gasteiger partial charge in [0.25, 0.3) is 0 Å². The van der Waals surface area contributed by atoms with Crippen molar-refractivity contribution in [1.82, 2.24) is 4.98 Å². The van der Waals surface area contributed by atoms with Crippen LogP contribution in [0.1, 0.15) is 22.3 Å². The molecular formula is C13H15BrN2O2S. The number of aryl methyl sites for hydroxylation is 1. The number of nitrogens with two attached hydrogens (primary N) is 1. The SMILES string of the molecule is COc1cc(Br)c(C(N)c2nc(C)cs2)cc1OC. The van der Waals surface area contributed by atoms with Crippen molar-refractivity contribution in [2.45, 2.75) is 13.0 Å². The molecule has 0 spiro atoms. The average Bonchev–Trinajstić information content (AvgIpc) is 2.84. The van der Waals surface area contributed by atoms with Crippen LogP contribution in [-0.2, 0) is 0 Å². The molecule has 0 saturated heterocycles. The molecule has 0 amide bonds. The van der Waals surface area contributed by atoms with Gasteiger partial charge in [-0.25, -0.2) is 4.98 Å². The maximum Gasteiger partial charge on any atom is 0.161 e. The fourth-order valence-corrected chi connectivity index (χ4v) is 3.14. The van der Waals surface area contributed by atoms with Gasteiger partial charge in [-0.1, -0.05) is 15.9 Å². The Morgan fingerprint density at radius 2 is 1.89 bits per heavy atom. The van der Waals surface area contributed by atoms with E-state index in [2.05, 4.69) is 20.9 Å². The molecule has 4 nitrogen and oxygen atoms in total. The lowest BCUT2D eigenvalue weighted by atomic mass is 10.1. The van der Waals surface area contributed by atoms with Crippen LogP contribution in [0, 0.1) is 6.92 Å². The number of benzene rings is 1. The quantitative estimate of drug-likeness (QED) is 0.926. The highest BCUT2D eigenvalue weighted by atomic mass is 79.9. The van der Waals surface area contributed by atoms with E-state index in [9.17, 15) is 0 Å². The summed E-state index contributed by atoms with van der Waals surface area (Å²) in [4.78, 5) is 4.43. The Balaban J connectivity index is 2.44. The highest BCUT2D eigenvalue weighted by Crippen LogP contribution is 2.37. The van der Waals surface area contributed by atoms with Gasteiger partial charge < -0.3 is 15.2 Å². The molecule has 0 bridgehead atoms. The van der Waals surface area contributed by atoms with Crippen LogP contribution < -0.4 is 15.2 Å². The first-order valence-electron chi connectivity index (χ1n) is 5.65. The number of ether oxygens (including phenoxy) is 2. The van der Waals surface area contributed by atoms with Crippen molar-refractivity contribution in [3.63, 3.8) is 0 Å².